The number of carbonyl (C=O) groups excluding carboxylic acids is 1. The fraction of sp³-hybridized carbons (Fsp3) is 0.348. The number of fused-ring (bicyclic) bond motifs is 1. The summed E-state index contributed by atoms with van der Waals surface area (Å²) in [6.07, 6.45) is 2.34. The summed E-state index contributed by atoms with van der Waals surface area (Å²) < 4.78 is 1.82. The molecule has 2 N–H and O–H groups in total. The van der Waals surface area contributed by atoms with E-state index in [0.717, 1.165) is 30.3 Å². The Morgan fingerprint density at radius 3 is 2.58 bits per heavy atom. The number of carbonyl (C=O) groups is 1. The van der Waals surface area contributed by atoms with Gasteiger partial charge in [0.15, 0.2) is 5.82 Å². The zero-order valence-electron chi connectivity index (χ0n) is 17.5. The monoisotopic (exact) mass is 439 g/mol. The molecule has 3 aromatic rings. The molecular formula is C23H26ClN5O2. The third-order valence-electron chi connectivity index (χ3n) is 5.53. The molecule has 1 fully saturated rings. The van der Waals surface area contributed by atoms with Crippen LogP contribution in [0.25, 0.3) is 11.0 Å². The maximum absolute atomic E-state index is 13.1. The maximum Gasteiger partial charge on any atom is 0.319 e. The molecular weight excluding hydrogens is 414 g/mol. The molecule has 0 radical (unpaired) electrons. The molecule has 162 valence electrons. The molecule has 1 saturated heterocycles. The number of hydrogen-bond donors (Lipinski definition) is 2. The second-order valence-electron chi connectivity index (χ2n) is 7.72. The predicted octanol–water partition coefficient (Wildman–Crippen LogP) is 4.25. The van der Waals surface area contributed by atoms with E-state index in [1.165, 1.54) is 0 Å². The number of nitrogens with zero attached hydrogens (tertiary/aromatic N) is 3. The van der Waals surface area contributed by atoms with Crippen molar-refractivity contribution in [1.82, 2.24) is 14.9 Å². The Morgan fingerprint density at radius 2 is 1.84 bits per heavy atom. The molecule has 1 aliphatic rings. The van der Waals surface area contributed by atoms with E-state index >= 15 is 0 Å². The molecule has 0 unspecified atom stereocenters. The zero-order valence-corrected chi connectivity index (χ0v) is 18.2. The maximum atomic E-state index is 13.1. The van der Waals surface area contributed by atoms with Crippen LogP contribution in [0.1, 0.15) is 26.2 Å². The number of amides is 2. The van der Waals surface area contributed by atoms with Crippen molar-refractivity contribution in [3.8, 4) is 0 Å². The summed E-state index contributed by atoms with van der Waals surface area (Å²) in [5.41, 5.74) is 2.22. The van der Waals surface area contributed by atoms with Gasteiger partial charge in [-0.25, -0.2) is 9.78 Å². The highest BCUT2D eigenvalue weighted by Crippen LogP contribution is 2.21. The number of anilines is 2. The lowest BCUT2D eigenvalue weighted by Crippen LogP contribution is -2.47. The van der Waals surface area contributed by atoms with Crippen molar-refractivity contribution in [3.63, 3.8) is 0 Å². The average Bonchev–Trinajstić information content (AvgIpc) is 2.78. The number of rotatable bonds is 5. The van der Waals surface area contributed by atoms with Crippen LogP contribution in [0.15, 0.2) is 53.3 Å². The van der Waals surface area contributed by atoms with Gasteiger partial charge in [0.05, 0.1) is 21.7 Å². The summed E-state index contributed by atoms with van der Waals surface area (Å²) >= 11 is 6.10. The second kappa shape index (κ2) is 9.39. The van der Waals surface area contributed by atoms with Crippen LogP contribution in [0, 0.1) is 0 Å². The van der Waals surface area contributed by atoms with E-state index in [2.05, 4.69) is 22.5 Å². The van der Waals surface area contributed by atoms with Crippen LogP contribution in [-0.4, -0.2) is 34.7 Å². The van der Waals surface area contributed by atoms with Crippen molar-refractivity contribution in [3.05, 3.63) is 63.9 Å². The van der Waals surface area contributed by atoms with E-state index in [9.17, 15) is 9.59 Å². The molecule has 1 aliphatic heterocycles. The number of urea groups is 1. The topological polar surface area (TPSA) is 79.3 Å². The van der Waals surface area contributed by atoms with Crippen molar-refractivity contribution in [2.75, 3.05) is 23.3 Å². The van der Waals surface area contributed by atoms with Gasteiger partial charge in [-0.2, -0.15) is 0 Å². The number of hydrogen-bond acceptors (Lipinski definition) is 4. The minimum absolute atomic E-state index is 0.0251. The van der Waals surface area contributed by atoms with Crippen LogP contribution in [0.5, 0.6) is 0 Å². The lowest BCUT2D eigenvalue weighted by molar-refractivity contribution is 0.246. The second-order valence-corrected chi connectivity index (χ2v) is 8.13. The molecule has 1 aromatic heterocycles. The van der Waals surface area contributed by atoms with E-state index in [4.69, 9.17) is 11.6 Å². The van der Waals surface area contributed by atoms with Crippen LogP contribution in [0.3, 0.4) is 0 Å². The normalized spacial score (nSPS) is 14.6. The van der Waals surface area contributed by atoms with Crippen LogP contribution < -0.4 is 21.1 Å². The fourth-order valence-corrected chi connectivity index (χ4v) is 4.16. The predicted molar refractivity (Wildman–Crippen MR) is 125 cm³/mol. The van der Waals surface area contributed by atoms with Crippen molar-refractivity contribution < 1.29 is 4.79 Å². The first-order valence-corrected chi connectivity index (χ1v) is 11.0. The largest absolute Gasteiger partial charge is 0.352 e. The highest BCUT2D eigenvalue weighted by atomic mass is 35.5. The molecule has 0 aliphatic carbocycles. The SMILES string of the molecule is CCCn1c(=O)c(N2CCC(NC(=O)Nc3ccccc3Cl)CC2)nc2ccccc21. The fourth-order valence-electron chi connectivity index (χ4n) is 3.97. The van der Waals surface area contributed by atoms with Crippen LogP contribution in [-0.2, 0) is 6.54 Å². The van der Waals surface area contributed by atoms with Gasteiger partial charge in [-0.05, 0) is 43.5 Å². The Hall–Kier alpha value is -3.06. The Morgan fingerprint density at radius 1 is 1.13 bits per heavy atom. The molecule has 8 heteroatoms. The van der Waals surface area contributed by atoms with E-state index in [0.29, 0.717) is 36.2 Å². The van der Waals surface area contributed by atoms with Gasteiger partial charge < -0.3 is 20.1 Å². The summed E-state index contributed by atoms with van der Waals surface area (Å²) in [5, 5.41) is 6.29. The molecule has 7 nitrogen and oxygen atoms in total. The average molecular weight is 440 g/mol. The lowest BCUT2D eigenvalue weighted by Gasteiger charge is -2.33. The smallest absolute Gasteiger partial charge is 0.319 e. The molecule has 2 aromatic carbocycles. The van der Waals surface area contributed by atoms with Gasteiger partial charge in [0, 0.05) is 25.7 Å². The quantitative estimate of drug-likeness (QED) is 0.622. The first kappa shape index (κ1) is 21.2. The van der Waals surface area contributed by atoms with Gasteiger partial charge in [-0.15, -0.1) is 0 Å². The number of piperidine rings is 1. The van der Waals surface area contributed by atoms with Gasteiger partial charge in [-0.1, -0.05) is 42.8 Å². The molecule has 0 spiro atoms. The van der Waals surface area contributed by atoms with Gasteiger partial charge in [0.25, 0.3) is 5.56 Å². The number of para-hydroxylation sites is 3. The number of nitrogens with one attached hydrogen (secondary N) is 2. The lowest BCUT2D eigenvalue weighted by atomic mass is 10.1. The summed E-state index contributed by atoms with van der Waals surface area (Å²) in [6, 6.07) is 14.6. The number of aromatic nitrogens is 2. The molecule has 2 heterocycles. The zero-order chi connectivity index (χ0) is 21.8. The third kappa shape index (κ3) is 4.66. The van der Waals surface area contributed by atoms with Crippen molar-refractivity contribution >= 4 is 40.2 Å². The Balaban J connectivity index is 1.43. The molecule has 0 saturated carbocycles. The summed E-state index contributed by atoms with van der Waals surface area (Å²) in [6.45, 7) is 4.04. The van der Waals surface area contributed by atoms with Crippen molar-refractivity contribution in [2.45, 2.75) is 38.8 Å². The number of benzene rings is 2. The Bertz CT molecular complexity index is 1140. The Kier molecular flexibility index (Phi) is 6.42. The molecule has 2 amide bonds. The van der Waals surface area contributed by atoms with Crippen molar-refractivity contribution in [2.24, 2.45) is 0 Å². The standard InChI is InChI=1S/C23H26ClN5O2/c1-2-13-29-20-10-6-5-9-19(20)26-21(22(29)30)28-14-11-16(12-15-28)25-23(31)27-18-8-4-3-7-17(18)24/h3-10,16H,2,11-15H2,1H3,(H2,25,27,31). The van der Waals surface area contributed by atoms with E-state index < -0.39 is 0 Å². The summed E-state index contributed by atoms with van der Waals surface area (Å²) in [7, 11) is 0. The van der Waals surface area contributed by atoms with E-state index in [-0.39, 0.29) is 17.6 Å². The molecule has 0 bridgehead atoms. The number of aryl methyl sites for hydroxylation is 1. The minimum atomic E-state index is -0.277. The van der Waals surface area contributed by atoms with Crippen LogP contribution >= 0.6 is 11.6 Å². The highest BCUT2D eigenvalue weighted by Gasteiger charge is 2.24. The van der Waals surface area contributed by atoms with E-state index in [1.807, 2.05) is 45.9 Å². The van der Waals surface area contributed by atoms with E-state index in [1.54, 1.807) is 12.1 Å². The number of halogens is 1. The van der Waals surface area contributed by atoms with Gasteiger partial charge in [0.1, 0.15) is 0 Å². The first-order valence-electron chi connectivity index (χ1n) is 10.6. The first-order chi connectivity index (χ1) is 15.1. The van der Waals surface area contributed by atoms with Crippen LogP contribution in [0.2, 0.25) is 5.02 Å². The Labute approximate surface area is 186 Å². The third-order valence-corrected chi connectivity index (χ3v) is 5.86. The summed E-state index contributed by atoms with van der Waals surface area (Å²) in [5.74, 6) is 0.492. The highest BCUT2D eigenvalue weighted by molar-refractivity contribution is 6.33. The van der Waals surface area contributed by atoms with Crippen molar-refractivity contribution in [1.29, 1.82) is 0 Å². The van der Waals surface area contributed by atoms with Gasteiger partial charge in [-0.3, -0.25) is 4.79 Å². The molecule has 4 rings (SSSR count). The van der Waals surface area contributed by atoms with Gasteiger partial charge >= 0.3 is 6.03 Å². The summed E-state index contributed by atoms with van der Waals surface area (Å²) in [4.78, 5) is 32.2. The molecule has 0 atom stereocenters. The molecule has 31 heavy (non-hydrogen) atoms. The minimum Gasteiger partial charge on any atom is -0.352 e. The van der Waals surface area contributed by atoms with Crippen LogP contribution in [0.4, 0.5) is 16.3 Å². The van der Waals surface area contributed by atoms with Gasteiger partial charge in [0.2, 0.25) is 0 Å².